The molecule has 0 saturated heterocycles. The van der Waals surface area contributed by atoms with Gasteiger partial charge in [-0.3, -0.25) is 0 Å². The zero-order chi connectivity index (χ0) is 37.7. The van der Waals surface area contributed by atoms with Gasteiger partial charge in [0.1, 0.15) is 11.2 Å². The van der Waals surface area contributed by atoms with Crippen molar-refractivity contribution in [3.05, 3.63) is 200 Å². The summed E-state index contributed by atoms with van der Waals surface area (Å²) < 4.78 is 6.57. The number of rotatable bonds is 6. The SMILES string of the molecule is c1ccc(-c2nc(-c3ccc(-c4ccc5ccccc5c4)c(-c4ccccc4)c3)nc(-c3cccc4oc5cc(-c6ccc7ccccc7c6)ccc5c34)n2)cc1. The van der Waals surface area contributed by atoms with E-state index >= 15 is 0 Å². The number of nitrogens with zero attached hydrogens (tertiary/aromatic N) is 3. The Kier molecular flexibility index (Phi) is 7.78. The largest absolute Gasteiger partial charge is 0.456 e. The zero-order valence-electron chi connectivity index (χ0n) is 30.8. The van der Waals surface area contributed by atoms with E-state index in [2.05, 4.69) is 158 Å². The van der Waals surface area contributed by atoms with Crippen LogP contribution in [0.15, 0.2) is 205 Å². The second-order valence-electron chi connectivity index (χ2n) is 14.4. The number of hydrogen-bond acceptors (Lipinski definition) is 4. The van der Waals surface area contributed by atoms with Crippen LogP contribution in [0.3, 0.4) is 0 Å². The van der Waals surface area contributed by atoms with Gasteiger partial charge in [0, 0.05) is 27.5 Å². The predicted octanol–water partition coefficient (Wildman–Crippen LogP) is 14.1. The number of furan rings is 1. The zero-order valence-corrected chi connectivity index (χ0v) is 30.8. The van der Waals surface area contributed by atoms with Crippen LogP contribution in [-0.2, 0) is 0 Å². The van der Waals surface area contributed by atoms with Gasteiger partial charge in [0.15, 0.2) is 17.5 Å². The molecule has 0 spiro atoms. The monoisotopic (exact) mass is 727 g/mol. The van der Waals surface area contributed by atoms with E-state index in [1.54, 1.807) is 0 Å². The fraction of sp³-hybridized carbons (Fsp3) is 0. The minimum Gasteiger partial charge on any atom is -0.456 e. The van der Waals surface area contributed by atoms with Crippen LogP contribution in [0.25, 0.3) is 111 Å². The van der Waals surface area contributed by atoms with E-state index in [-0.39, 0.29) is 0 Å². The first-order chi connectivity index (χ1) is 28.2. The third kappa shape index (κ3) is 5.92. The van der Waals surface area contributed by atoms with Gasteiger partial charge < -0.3 is 4.42 Å². The number of benzene rings is 9. The standard InChI is InChI=1S/C53H33N3O/c1-3-14-36(15-4-1)47-32-43(27-28-44(47)42-25-23-35-13-8-10-19-39(35)31-42)52-54-51(37-16-5-2-6-17-37)55-53(56-52)46-20-11-21-48-50(46)45-29-26-41(33-49(45)57-48)40-24-22-34-12-7-9-18-38(34)30-40/h1-33H. The lowest BCUT2D eigenvalue weighted by Crippen LogP contribution is -2.01. The molecule has 4 nitrogen and oxygen atoms in total. The lowest BCUT2D eigenvalue weighted by atomic mass is 9.91. The van der Waals surface area contributed by atoms with Gasteiger partial charge in [-0.1, -0.05) is 164 Å². The van der Waals surface area contributed by atoms with Gasteiger partial charge in [-0.25, -0.2) is 15.0 Å². The summed E-state index contributed by atoms with van der Waals surface area (Å²) in [7, 11) is 0. The Bertz CT molecular complexity index is 3300. The molecule has 57 heavy (non-hydrogen) atoms. The molecule has 0 saturated carbocycles. The van der Waals surface area contributed by atoms with Crippen LogP contribution in [0.5, 0.6) is 0 Å². The van der Waals surface area contributed by atoms with E-state index in [4.69, 9.17) is 19.4 Å². The first-order valence-corrected chi connectivity index (χ1v) is 19.2. The molecule has 0 aliphatic heterocycles. The molecule has 11 aromatic rings. The van der Waals surface area contributed by atoms with Gasteiger partial charge in [-0.15, -0.1) is 0 Å². The van der Waals surface area contributed by atoms with Gasteiger partial charge in [-0.2, -0.15) is 0 Å². The second-order valence-corrected chi connectivity index (χ2v) is 14.4. The van der Waals surface area contributed by atoms with Crippen molar-refractivity contribution in [2.45, 2.75) is 0 Å². The van der Waals surface area contributed by atoms with E-state index in [9.17, 15) is 0 Å². The highest BCUT2D eigenvalue weighted by molar-refractivity contribution is 6.12. The molecular formula is C53H33N3O. The van der Waals surface area contributed by atoms with Gasteiger partial charge in [0.2, 0.25) is 0 Å². The Morgan fingerprint density at radius 3 is 1.58 bits per heavy atom. The molecule has 266 valence electrons. The molecule has 9 aromatic carbocycles. The minimum atomic E-state index is 0.589. The highest BCUT2D eigenvalue weighted by atomic mass is 16.3. The molecular weight excluding hydrogens is 695 g/mol. The highest BCUT2D eigenvalue weighted by Gasteiger charge is 2.19. The van der Waals surface area contributed by atoms with Crippen molar-refractivity contribution in [3.63, 3.8) is 0 Å². The maximum Gasteiger partial charge on any atom is 0.164 e. The van der Waals surface area contributed by atoms with E-state index in [0.29, 0.717) is 17.5 Å². The highest BCUT2D eigenvalue weighted by Crippen LogP contribution is 2.40. The van der Waals surface area contributed by atoms with Crippen molar-refractivity contribution in [3.8, 4) is 67.5 Å². The Labute approximate surface area is 329 Å². The summed E-state index contributed by atoms with van der Waals surface area (Å²) in [5, 5.41) is 6.85. The van der Waals surface area contributed by atoms with Crippen molar-refractivity contribution in [2.24, 2.45) is 0 Å². The number of hydrogen-bond donors (Lipinski definition) is 0. The quantitative estimate of drug-likeness (QED) is 0.171. The smallest absolute Gasteiger partial charge is 0.164 e. The molecule has 0 amide bonds. The molecule has 0 atom stereocenters. The third-order valence-electron chi connectivity index (χ3n) is 10.9. The maximum absolute atomic E-state index is 6.57. The fourth-order valence-electron chi connectivity index (χ4n) is 8.05. The summed E-state index contributed by atoms with van der Waals surface area (Å²) in [6, 6.07) is 70.0. The van der Waals surface area contributed by atoms with Crippen molar-refractivity contribution >= 4 is 43.5 Å². The summed E-state index contributed by atoms with van der Waals surface area (Å²) in [4.78, 5) is 15.5. The van der Waals surface area contributed by atoms with Crippen molar-refractivity contribution < 1.29 is 4.42 Å². The molecule has 4 heteroatoms. The summed E-state index contributed by atoms with van der Waals surface area (Å²) in [5.74, 6) is 1.80. The number of fused-ring (bicyclic) bond motifs is 5. The van der Waals surface area contributed by atoms with Gasteiger partial charge in [0.05, 0.1) is 0 Å². The molecule has 11 rings (SSSR count). The second kappa shape index (κ2) is 13.6. The Morgan fingerprint density at radius 1 is 0.281 bits per heavy atom. The maximum atomic E-state index is 6.57. The summed E-state index contributed by atoms with van der Waals surface area (Å²) in [6.45, 7) is 0. The number of aromatic nitrogens is 3. The summed E-state index contributed by atoms with van der Waals surface area (Å²) in [5.41, 5.74) is 11.1. The van der Waals surface area contributed by atoms with Crippen LogP contribution in [0, 0.1) is 0 Å². The summed E-state index contributed by atoms with van der Waals surface area (Å²) in [6.07, 6.45) is 0. The molecule has 0 bridgehead atoms. The Hall–Kier alpha value is -7.69. The van der Waals surface area contributed by atoms with Gasteiger partial charge >= 0.3 is 0 Å². The van der Waals surface area contributed by atoms with Crippen LogP contribution in [0.4, 0.5) is 0 Å². The molecule has 0 aliphatic carbocycles. The molecule has 0 N–H and O–H groups in total. The van der Waals surface area contributed by atoms with Crippen molar-refractivity contribution in [1.29, 1.82) is 0 Å². The third-order valence-corrected chi connectivity index (χ3v) is 10.9. The van der Waals surface area contributed by atoms with Crippen LogP contribution in [0.2, 0.25) is 0 Å². The Morgan fingerprint density at radius 2 is 0.842 bits per heavy atom. The molecule has 2 heterocycles. The van der Waals surface area contributed by atoms with Gasteiger partial charge in [0.25, 0.3) is 0 Å². The first-order valence-electron chi connectivity index (χ1n) is 19.2. The van der Waals surface area contributed by atoms with Gasteiger partial charge in [-0.05, 0) is 91.3 Å². The fourth-order valence-corrected chi connectivity index (χ4v) is 8.05. The normalized spacial score (nSPS) is 11.5. The molecule has 0 fully saturated rings. The van der Waals surface area contributed by atoms with Crippen molar-refractivity contribution in [2.75, 3.05) is 0 Å². The van der Waals surface area contributed by atoms with Crippen LogP contribution < -0.4 is 0 Å². The lowest BCUT2D eigenvalue weighted by molar-refractivity contribution is 0.669. The van der Waals surface area contributed by atoms with Crippen LogP contribution >= 0.6 is 0 Å². The van der Waals surface area contributed by atoms with Crippen LogP contribution in [-0.4, -0.2) is 15.0 Å². The average Bonchev–Trinajstić information content (AvgIpc) is 3.67. The van der Waals surface area contributed by atoms with E-state index in [1.807, 2.05) is 42.5 Å². The molecule has 0 radical (unpaired) electrons. The van der Waals surface area contributed by atoms with Crippen LogP contribution in [0.1, 0.15) is 0 Å². The lowest BCUT2D eigenvalue weighted by Gasteiger charge is -2.14. The van der Waals surface area contributed by atoms with Crippen molar-refractivity contribution in [1.82, 2.24) is 15.0 Å². The Balaban J connectivity index is 1.08. The van der Waals surface area contributed by atoms with E-state index < -0.39 is 0 Å². The minimum absolute atomic E-state index is 0.589. The topological polar surface area (TPSA) is 51.8 Å². The summed E-state index contributed by atoms with van der Waals surface area (Å²) >= 11 is 0. The molecule has 0 unspecified atom stereocenters. The predicted molar refractivity (Wildman–Crippen MR) is 235 cm³/mol. The first kappa shape index (κ1) is 32.7. The van der Waals surface area contributed by atoms with E-state index in [1.165, 1.54) is 21.5 Å². The molecule has 2 aromatic heterocycles. The van der Waals surface area contributed by atoms with E-state index in [0.717, 1.165) is 72.0 Å². The average molecular weight is 728 g/mol. The molecule has 0 aliphatic rings.